The lowest BCUT2D eigenvalue weighted by atomic mass is 10.0. The predicted molar refractivity (Wildman–Crippen MR) is 90.3 cm³/mol. The lowest BCUT2D eigenvalue weighted by Crippen LogP contribution is -2.54. The summed E-state index contributed by atoms with van der Waals surface area (Å²) in [5, 5.41) is 4.46. The van der Waals surface area contributed by atoms with Crippen LogP contribution in [0.4, 0.5) is 0 Å². The number of nitrogens with one attached hydrogen (secondary N) is 3. The van der Waals surface area contributed by atoms with Crippen LogP contribution in [-0.2, 0) is 4.79 Å². The van der Waals surface area contributed by atoms with Gasteiger partial charge in [-0.25, -0.2) is 0 Å². The molecule has 0 bridgehead atoms. The van der Waals surface area contributed by atoms with Gasteiger partial charge in [0.2, 0.25) is 0 Å². The van der Waals surface area contributed by atoms with E-state index in [1.165, 1.54) is 17.5 Å². The van der Waals surface area contributed by atoms with Crippen molar-refractivity contribution in [2.24, 2.45) is 5.92 Å². The minimum atomic E-state index is -0.770. The predicted octanol–water partition coefficient (Wildman–Crippen LogP) is 1.36. The molecule has 3 amide bonds. The van der Waals surface area contributed by atoms with Gasteiger partial charge in [0.1, 0.15) is 6.04 Å². The van der Waals surface area contributed by atoms with Gasteiger partial charge in [-0.2, -0.15) is 0 Å². The summed E-state index contributed by atoms with van der Waals surface area (Å²) in [6, 6.07) is 5.87. The highest BCUT2D eigenvalue weighted by Crippen LogP contribution is 2.10. The second kappa shape index (κ2) is 8.21. The first-order valence-corrected chi connectivity index (χ1v) is 8.21. The molecule has 3 N–H and O–H groups in total. The highest BCUT2D eigenvalue weighted by Gasteiger charge is 2.25. The average Bonchev–Trinajstić information content (AvgIpc) is 3.12. The summed E-state index contributed by atoms with van der Waals surface area (Å²) in [5.74, 6) is -1.45. The van der Waals surface area contributed by atoms with E-state index in [0.717, 1.165) is 0 Å². The molecular weight excluding hydrogens is 328 g/mol. The van der Waals surface area contributed by atoms with E-state index < -0.39 is 17.9 Å². The van der Waals surface area contributed by atoms with E-state index in [1.54, 1.807) is 35.8 Å². The fourth-order valence-corrected chi connectivity index (χ4v) is 2.55. The summed E-state index contributed by atoms with van der Waals surface area (Å²) in [6.07, 6.45) is 2.93. The second-order valence-corrected chi connectivity index (χ2v) is 6.31. The molecule has 0 aliphatic heterocycles. The van der Waals surface area contributed by atoms with E-state index in [9.17, 15) is 14.4 Å². The number of hydrogen-bond donors (Lipinski definition) is 3. The van der Waals surface area contributed by atoms with E-state index >= 15 is 0 Å². The molecule has 2 aromatic rings. The summed E-state index contributed by atoms with van der Waals surface area (Å²) in [5.41, 5.74) is 4.97. The zero-order valence-electron chi connectivity index (χ0n) is 13.3. The molecule has 2 aromatic heterocycles. The Morgan fingerprint density at radius 2 is 1.88 bits per heavy atom. The van der Waals surface area contributed by atoms with Crippen LogP contribution in [0.3, 0.4) is 0 Å². The van der Waals surface area contributed by atoms with Crippen LogP contribution >= 0.6 is 11.3 Å². The minimum absolute atomic E-state index is 0.149. The van der Waals surface area contributed by atoms with Crippen LogP contribution in [0, 0.1) is 5.92 Å². The molecule has 1 atom stereocenters. The molecule has 24 heavy (non-hydrogen) atoms. The fraction of sp³-hybridized carbons (Fsp3) is 0.250. The molecule has 1 unspecified atom stereocenters. The molecule has 0 radical (unpaired) electrons. The van der Waals surface area contributed by atoms with Gasteiger partial charge >= 0.3 is 0 Å². The van der Waals surface area contributed by atoms with Crippen molar-refractivity contribution in [2.75, 3.05) is 0 Å². The van der Waals surface area contributed by atoms with Crippen LogP contribution in [0.2, 0.25) is 0 Å². The van der Waals surface area contributed by atoms with Crippen LogP contribution in [0.5, 0.6) is 0 Å². The van der Waals surface area contributed by atoms with Gasteiger partial charge in [0.25, 0.3) is 17.7 Å². The number of amides is 3. The summed E-state index contributed by atoms with van der Waals surface area (Å²) >= 11 is 1.29. The van der Waals surface area contributed by atoms with Gasteiger partial charge in [0.05, 0.1) is 10.4 Å². The first-order valence-electron chi connectivity index (χ1n) is 7.33. The number of carbonyl (C=O) groups is 3. The molecule has 2 heterocycles. The largest absolute Gasteiger partial charge is 0.339 e. The van der Waals surface area contributed by atoms with Gasteiger partial charge in [0, 0.05) is 12.4 Å². The lowest BCUT2D eigenvalue weighted by molar-refractivity contribution is -0.124. The number of carbonyl (C=O) groups excluding carboxylic acids is 3. The molecule has 7 nitrogen and oxygen atoms in total. The van der Waals surface area contributed by atoms with Crippen LogP contribution < -0.4 is 16.2 Å². The first kappa shape index (κ1) is 17.6. The van der Waals surface area contributed by atoms with E-state index in [2.05, 4.69) is 21.2 Å². The molecule has 0 aromatic carbocycles. The molecule has 126 valence electrons. The zero-order chi connectivity index (χ0) is 17.5. The van der Waals surface area contributed by atoms with Crippen molar-refractivity contribution in [3.05, 3.63) is 52.5 Å². The molecule has 2 rings (SSSR count). The Hall–Kier alpha value is -2.74. The van der Waals surface area contributed by atoms with Crippen molar-refractivity contribution in [1.82, 2.24) is 21.2 Å². The number of aromatic nitrogens is 1. The van der Waals surface area contributed by atoms with E-state index in [0.29, 0.717) is 10.4 Å². The molecule has 0 saturated carbocycles. The summed E-state index contributed by atoms with van der Waals surface area (Å²) < 4.78 is 0. The normalized spacial score (nSPS) is 11.6. The van der Waals surface area contributed by atoms with Crippen molar-refractivity contribution in [3.63, 3.8) is 0 Å². The quantitative estimate of drug-likeness (QED) is 0.712. The van der Waals surface area contributed by atoms with Gasteiger partial charge in [-0.15, -0.1) is 11.3 Å². The molecule has 0 spiro atoms. The van der Waals surface area contributed by atoms with Crippen molar-refractivity contribution in [1.29, 1.82) is 0 Å². The Balaban J connectivity index is 1.94. The topological polar surface area (TPSA) is 100 Å². The van der Waals surface area contributed by atoms with E-state index in [-0.39, 0.29) is 11.8 Å². The van der Waals surface area contributed by atoms with Crippen molar-refractivity contribution >= 4 is 29.1 Å². The Kier molecular flexibility index (Phi) is 6.02. The maximum absolute atomic E-state index is 12.3. The monoisotopic (exact) mass is 346 g/mol. The van der Waals surface area contributed by atoms with Crippen molar-refractivity contribution in [2.45, 2.75) is 19.9 Å². The highest BCUT2D eigenvalue weighted by molar-refractivity contribution is 7.12. The third-order valence-corrected chi connectivity index (χ3v) is 4.07. The third kappa shape index (κ3) is 4.63. The zero-order valence-corrected chi connectivity index (χ0v) is 14.1. The average molecular weight is 346 g/mol. The van der Waals surface area contributed by atoms with Crippen LogP contribution in [0.25, 0.3) is 0 Å². The summed E-state index contributed by atoms with van der Waals surface area (Å²) in [6.45, 7) is 3.61. The number of hydrogen-bond acceptors (Lipinski definition) is 5. The standard InChI is InChI=1S/C16H18N4O3S/c1-10(2)13(18-15(22)12-6-4-8-24-12)16(23)20-19-14(21)11-5-3-7-17-9-11/h3-10,13H,1-2H3,(H,18,22)(H,19,21)(H,20,23). The van der Waals surface area contributed by atoms with Crippen LogP contribution in [-0.4, -0.2) is 28.7 Å². The first-order chi connectivity index (χ1) is 11.5. The van der Waals surface area contributed by atoms with Gasteiger partial charge < -0.3 is 5.32 Å². The molecule has 0 saturated heterocycles. The van der Waals surface area contributed by atoms with E-state index in [1.807, 2.05) is 13.8 Å². The highest BCUT2D eigenvalue weighted by atomic mass is 32.1. The number of nitrogens with zero attached hydrogens (tertiary/aromatic N) is 1. The van der Waals surface area contributed by atoms with Crippen molar-refractivity contribution in [3.8, 4) is 0 Å². The number of pyridine rings is 1. The Labute approximate surface area is 143 Å². The smallest absolute Gasteiger partial charge is 0.271 e. The SMILES string of the molecule is CC(C)C(NC(=O)c1cccs1)C(=O)NNC(=O)c1cccnc1. The Bertz CT molecular complexity index is 701. The van der Waals surface area contributed by atoms with Gasteiger partial charge in [-0.1, -0.05) is 19.9 Å². The number of thiophene rings is 1. The molecule has 0 aliphatic carbocycles. The molecule has 8 heteroatoms. The lowest BCUT2D eigenvalue weighted by Gasteiger charge is -2.21. The van der Waals surface area contributed by atoms with Gasteiger partial charge in [-0.05, 0) is 29.5 Å². The van der Waals surface area contributed by atoms with E-state index in [4.69, 9.17) is 0 Å². The third-order valence-electron chi connectivity index (χ3n) is 3.20. The summed E-state index contributed by atoms with van der Waals surface area (Å²) in [7, 11) is 0. The number of rotatable bonds is 5. The summed E-state index contributed by atoms with van der Waals surface area (Å²) in [4.78, 5) is 40.6. The second-order valence-electron chi connectivity index (χ2n) is 5.36. The molecule has 0 fully saturated rings. The Morgan fingerprint density at radius 3 is 2.46 bits per heavy atom. The van der Waals surface area contributed by atoms with Gasteiger partial charge in [-0.3, -0.25) is 30.2 Å². The maximum atomic E-state index is 12.3. The van der Waals surface area contributed by atoms with Gasteiger partial charge in [0.15, 0.2) is 0 Å². The Morgan fingerprint density at radius 1 is 1.08 bits per heavy atom. The van der Waals surface area contributed by atoms with Crippen LogP contribution in [0.1, 0.15) is 33.9 Å². The van der Waals surface area contributed by atoms with Crippen LogP contribution in [0.15, 0.2) is 42.0 Å². The molecule has 0 aliphatic rings. The fourth-order valence-electron chi connectivity index (χ4n) is 1.92. The molecular formula is C16H18N4O3S. The maximum Gasteiger partial charge on any atom is 0.271 e. The van der Waals surface area contributed by atoms with Crippen molar-refractivity contribution < 1.29 is 14.4 Å². The minimum Gasteiger partial charge on any atom is -0.339 e. The number of hydrazine groups is 1.